The molecule has 4 rings (SSSR count). The van der Waals surface area contributed by atoms with Crippen molar-refractivity contribution < 1.29 is 4.79 Å². The minimum Gasteiger partial charge on any atom is -0.330 e. The number of amides is 1. The van der Waals surface area contributed by atoms with Crippen molar-refractivity contribution >= 4 is 22.4 Å². The minimum atomic E-state index is 0.159. The third-order valence-electron chi connectivity index (χ3n) is 5.09. The smallest absolute Gasteiger partial charge is 0.259 e. The summed E-state index contributed by atoms with van der Waals surface area (Å²) in [6, 6.07) is 12.5. The second-order valence-electron chi connectivity index (χ2n) is 6.20. The molecule has 0 spiro atoms. The van der Waals surface area contributed by atoms with Crippen LogP contribution in [-0.2, 0) is 0 Å². The summed E-state index contributed by atoms with van der Waals surface area (Å²) in [6.45, 7) is 0.667. The molecule has 2 atom stereocenters. The van der Waals surface area contributed by atoms with E-state index in [2.05, 4.69) is 18.2 Å². The Morgan fingerprint density at radius 2 is 1.86 bits per heavy atom. The van der Waals surface area contributed by atoms with Crippen LogP contribution in [0.1, 0.15) is 36.0 Å². The molecule has 1 heterocycles. The van der Waals surface area contributed by atoms with E-state index in [0.29, 0.717) is 12.5 Å². The predicted molar refractivity (Wildman–Crippen MR) is 85.6 cm³/mol. The fraction of sp³-hybridized carbons (Fsp3) is 0.389. The lowest BCUT2D eigenvalue weighted by Crippen LogP contribution is -2.46. The van der Waals surface area contributed by atoms with Crippen molar-refractivity contribution in [3.63, 3.8) is 0 Å². The van der Waals surface area contributed by atoms with E-state index in [1.165, 1.54) is 12.8 Å². The summed E-state index contributed by atoms with van der Waals surface area (Å²) >= 11 is 0. The lowest BCUT2D eigenvalue weighted by atomic mass is 9.83. The summed E-state index contributed by atoms with van der Waals surface area (Å²) in [5.74, 6) is 0.583. The van der Waals surface area contributed by atoms with Gasteiger partial charge in [0.2, 0.25) is 0 Å². The van der Waals surface area contributed by atoms with Gasteiger partial charge in [-0.3, -0.25) is 4.79 Å². The van der Waals surface area contributed by atoms with Gasteiger partial charge in [0, 0.05) is 17.0 Å². The molecule has 2 N–H and O–H groups in total. The van der Waals surface area contributed by atoms with Crippen molar-refractivity contribution in [1.29, 1.82) is 0 Å². The number of hydrogen-bond donors (Lipinski definition) is 1. The molecule has 2 unspecified atom stereocenters. The maximum absolute atomic E-state index is 12.9. The summed E-state index contributed by atoms with van der Waals surface area (Å²) in [6.07, 6.45) is 4.63. The number of benzene rings is 2. The first kappa shape index (κ1) is 12.8. The molecule has 2 aliphatic rings. The Morgan fingerprint density at radius 1 is 1.10 bits per heavy atom. The van der Waals surface area contributed by atoms with Gasteiger partial charge in [0.25, 0.3) is 5.91 Å². The fourth-order valence-corrected chi connectivity index (χ4v) is 4.07. The number of hydrogen-bond acceptors (Lipinski definition) is 2. The van der Waals surface area contributed by atoms with E-state index >= 15 is 0 Å². The van der Waals surface area contributed by atoms with Crippen LogP contribution in [0.4, 0.5) is 5.69 Å². The highest BCUT2D eigenvalue weighted by molar-refractivity contribution is 6.25. The topological polar surface area (TPSA) is 46.3 Å². The number of carbonyl (C=O) groups excluding carboxylic acids is 1. The van der Waals surface area contributed by atoms with Crippen molar-refractivity contribution in [1.82, 2.24) is 0 Å². The highest BCUT2D eigenvalue weighted by Crippen LogP contribution is 2.42. The summed E-state index contributed by atoms with van der Waals surface area (Å²) in [7, 11) is 0. The van der Waals surface area contributed by atoms with Crippen LogP contribution < -0.4 is 10.6 Å². The van der Waals surface area contributed by atoms with Gasteiger partial charge in [0.1, 0.15) is 0 Å². The first-order valence-electron chi connectivity index (χ1n) is 7.86. The molecule has 3 nitrogen and oxygen atoms in total. The zero-order valence-corrected chi connectivity index (χ0v) is 12.1. The quantitative estimate of drug-likeness (QED) is 0.917. The number of anilines is 1. The average molecular weight is 280 g/mol. The Hall–Kier alpha value is -1.87. The van der Waals surface area contributed by atoms with Gasteiger partial charge in [-0.25, -0.2) is 0 Å². The van der Waals surface area contributed by atoms with Gasteiger partial charge in [-0.15, -0.1) is 0 Å². The van der Waals surface area contributed by atoms with Crippen LogP contribution in [0.25, 0.3) is 10.8 Å². The van der Waals surface area contributed by atoms with Crippen LogP contribution in [0.2, 0.25) is 0 Å². The first-order chi connectivity index (χ1) is 10.3. The van der Waals surface area contributed by atoms with Gasteiger partial charge >= 0.3 is 0 Å². The van der Waals surface area contributed by atoms with Crippen LogP contribution in [0.15, 0.2) is 36.4 Å². The molecule has 1 saturated carbocycles. The zero-order chi connectivity index (χ0) is 14.4. The standard InChI is InChI=1S/C18H20N2O/c19-11-13-5-1-2-9-15(13)20-16-10-4-7-12-6-3-8-14(17(12)16)18(20)21/h3-4,6-8,10,13,15H,1-2,5,9,11,19H2. The molecule has 0 radical (unpaired) electrons. The van der Waals surface area contributed by atoms with Gasteiger partial charge < -0.3 is 10.6 Å². The van der Waals surface area contributed by atoms with E-state index in [1.807, 2.05) is 23.1 Å². The maximum Gasteiger partial charge on any atom is 0.259 e. The van der Waals surface area contributed by atoms with Crippen LogP contribution >= 0.6 is 0 Å². The molecule has 0 bridgehead atoms. The second-order valence-corrected chi connectivity index (χ2v) is 6.20. The van der Waals surface area contributed by atoms with E-state index in [9.17, 15) is 4.79 Å². The monoisotopic (exact) mass is 280 g/mol. The Bertz CT molecular complexity index is 704. The molecule has 3 heteroatoms. The van der Waals surface area contributed by atoms with E-state index in [1.54, 1.807) is 0 Å². The molecule has 1 aliphatic carbocycles. The molecule has 0 aromatic heterocycles. The number of nitrogens with two attached hydrogens (primary N) is 1. The highest BCUT2D eigenvalue weighted by atomic mass is 16.2. The Balaban J connectivity index is 1.85. The molecule has 1 fully saturated rings. The summed E-state index contributed by atoms with van der Waals surface area (Å²) in [4.78, 5) is 15.0. The minimum absolute atomic E-state index is 0.159. The van der Waals surface area contributed by atoms with E-state index in [0.717, 1.165) is 34.9 Å². The predicted octanol–water partition coefficient (Wildman–Crippen LogP) is 3.32. The molecule has 0 saturated heterocycles. The highest BCUT2D eigenvalue weighted by Gasteiger charge is 2.38. The van der Waals surface area contributed by atoms with E-state index in [-0.39, 0.29) is 11.9 Å². The third kappa shape index (κ3) is 1.80. The van der Waals surface area contributed by atoms with Crippen molar-refractivity contribution in [3.8, 4) is 0 Å². The fourth-order valence-electron chi connectivity index (χ4n) is 4.07. The zero-order valence-electron chi connectivity index (χ0n) is 12.1. The van der Waals surface area contributed by atoms with Crippen LogP contribution in [-0.4, -0.2) is 18.5 Å². The molecular formula is C18H20N2O. The van der Waals surface area contributed by atoms with Crippen molar-refractivity contribution in [2.24, 2.45) is 11.7 Å². The van der Waals surface area contributed by atoms with Gasteiger partial charge in [-0.05, 0) is 42.8 Å². The largest absolute Gasteiger partial charge is 0.330 e. The van der Waals surface area contributed by atoms with Crippen LogP contribution in [0.5, 0.6) is 0 Å². The number of nitrogens with zero attached hydrogens (tertiary/aromatic N) is 1. The lowest BCUT2D eigenvalue weighted by molar-refractivity contribution is 0.0966. The SMILES string of the molecule is NCC1CCCCC1N1C(=O)c2cccc3cccc1c23. The molecule has 2 aromatic rings. The van der Waals surface area contributed by atoms with Crippen molar-refractivity contribution in [2.75, 3.05) is 11.4 Å². The Labute approximate surface area is 124 Å². The summed E-state index contributed by atoms with van der Waals surface area (Å²) in [5, 5.41) is 2.27. The summed E-state index contributed by atoms with van der Waals surface area (Å²) < 4.78 is 0. The first-order valence-corrected chi connectivity index (χ1v) is 7.86. The Morgan fingerprint density at radius 3 is 2.67 bits per heavy atom. The second kappa shape index (κ2) is 4.85. The molecule has 2 aromatic carbocycles. The normalized spacial score (nSPS) is 24.8. The van der Waals surface area contributed by atoms with Crippen LogP contribution in [0.3, 0.4) is 0 Å². The van der Waals surface area contributed by atoms with Gasteiger partial charge in [-0.1, -0.05) is 37.1 Å². The summed E-state index contributed by atoms with van der Waals surface area (Å²) in [5.41, 5.74) is 7.90. The van der Waals surface area contributed by atoms with Gasteiger partial charge in [0.15, 0.2) is 0 Å². The third-order valence-corrected chi connectivity index (χ3v) is 5.09. The maximum atomic E-state index is 12.9. The molecule has 21 heavy (non-hydrogen) atoms. The lowest BCUT2D eigenvalue weighted by Gasteiger charge is -2.37. The Kier molecular flexibility index (Phi) is 2.96. The van der Waals surface area contributed by atoms with Crippen LogP contribution in [0, 0.1) is 5.92 Å². The van der Waals surface area contributed by atoms with Gasteiger partial charge in [-0.2, -0.15) is 0 Å². The molecule has 1 aliphatic heterocycles. The molecular weight excluding hydrogens is 260 g/mol. The molecule has 1 amide bonds. The van der Waals surface area contributed by atoms with Crippen molar-refractivity contribution in [2.45, 2.75) is 31.7 Å². The number of carbonyl (C=O) groups is 1. The van der Waals surface area contributed by atoms with Gasteiger partial charge in [0.05, 0.1) is 5.69 Å². The van der Waals surface area contributed by atoms with E-state index < -0.39 is 0 Å². The molecule has 108 valence electrons. The average Bonchev–Trinajstić information content (AvgIpc) is 2.82. The van der Waals surface area contributed by atoms with E-state index in [4.69, 9.17) is 5.73 Å². The van der Waals surface area contributed by atoms with Crippen molar-refractivity contribution in [3.05, 3.63) is 42.0 Å². The number of rotatable bonds is 2.